The van der Waals surface area contributed by atoms with E-state index in [1.165, 1.54) is 28.8 Å². The highest BCUT2D eigenvalue weighted by Crippen LogP contribution is 2.27. The van der Waals surface area contributed by atoms with Crippen molar-refractivity contribution in [3.63, 3.8) is 0 Å². The van der Waals surface area contributed by atoms with E-state index in [9.17, 15) is 0 Å². The predicted molar refractivity (Wildman–Crippen MR) is 73.4 cm³/mol. The van der Waals surface area contributed by atoms with Crippen molar-refractivity contribution in [2.45, 2.75) is 6.42 Å². The Morgan fingerprint density at radius 2 is 2.27 bits per heavy atom. The van der Waals surface area contributed by atoms with Crippen molar-refractivity contribution >= 4 is 28.3 Å². The molecule has 2 rings (SSSR count). The van der Waals surface area contributed by atoms with Crippen molar-refractivity contribution < 1.29 is 0 Å². The van der Waals surface area contributed by atoms with Crippen LogP contribution in [0.2, 0.25) is 0 Å². The topological polar surface area (TPSA) is 15.3 Å². The van der Waals surface area contributed by atoms with E-state index < -0.39 is 0 Å². The van der Waals surface area contributed by atoms with Crippen LogP contribution >= 0.6 is 22.6 Å². The molecule has 3 heteroatoms. The lowest BCUT2D eigenvalue weighted by Crippen LogP contribution is -2.24. The van der Waals surface area contributed by atoms with Gasteiger partial charge in [-0.2, -0.15) is 0 Å². The van der Waals surface area contributed by atoms with Crippen LogP contribution in [-0.2, 0) is 0 Å². The molecule has 1 aliphatic rings. The Kier molecular flexibility index (Phi) is 3.86. The lowest BCUT2D eigenvalue weighted by Gasteiger charge is -2.20. The smallest absolute Gasteiger partial charge is 0.0501 e. The summed E-state index contributed by atoms with van der Waals surface area (Å²) in [6.07, 6.45) is 1.31. The first-order valence-electron chi connectivity index (χ1n) is 5.45. The number of anilines is 1. The van der Waals surface area contributed by atoms with Crippen LogP contribution in [0.5, 0.6) is 0 Å². The van der Waals surface area contributed by atoms with Gasteiger partial charge in [-0.25, -0.2) is 0 Å². The second-order valence-corrected chi connectivity index (χ2v) is 5.27. The Labute approximate surface area is 105 Å². The highest BCUT2D eigenvalue weighted by molar-refractivity contribution is 14.1. The minimum absolute atomic E-state index is 0.811. The van der Waals surface area contributed by atoms with E-state index in [4.69, 9.17) is 0 Å². The molecule has 0 bridgehead atoms. The molecule has 1 atom stereocenters. The first kappa shape index (κ1) is 11.2. The summed E-state index contributed by atoms with van der Waals surface area (Å²) in [7, 11) is 2.04. The zero-order valence-corrected chi connectivity index (χ0v) is 11.2. The molecule has 0 amide bonds. The van der Waals surface area contributed by atoms with Gasteiger partial charge in [0.25, 0.3) is 0 Å². The van der Waals surface area contributed by atoms with Crippen LogP contribution in [0, 0.1) is 9.49 Å². The van der Waals surface area contributed by atoms with Gasteiger partial charge in [-0.15, -0.1) is 0 Å². The Hall–Kier alpha value is -0.290. The molecule has 15 heavy (non-hydrogen) atoms. The Morgan fingerprint density at radius 1 is 1.47 bits per heavy atom. The molecule has 1 saturated heterocycles. The standard InChI is InChI=1S/C12H17IN2/c1-14-8-10-6-7-15(9-10)12-5-3-2-4-11(12)13/h2-5,10,14H,6-9H2,1H3. The van der Waals surface area contributed by atoms with Gasteiger partial charge in [0.15, 0.2) is 0 Å². The van der Waals surface area contributed by atoms with Gasteiger partial charge in [0.1, 0.15) is 0 Å². The Morgan fingerprint density at radius 3 is 3.00 bits per heavy atom. The zero-order chi connectivity index (χ0) is 10.7. The zero-order valence-electron chi connectivity index (χ0n) is 9.04. The second kappa shape index (κ2) is 5.16. The fraction of sp³-hybridized carbons (Fsp3) is 0.500. The fourth-order valence-electron chi connectivity index (χ4n) is 2.21. The maximum atomic E-state index is 3.27. The molecule has 0 saturated carbocycles. The van der Waals surface area contributed by atoms with E-state index >= 15 is 0 Å². The first-order valence-corrected chi connectivity index (χ1v) is 6.53. The molecule has 0 radical (unpaired) electrons. The van der Waals surface area contributed by atoms with Gasteiger partial charge in [0, 0.05) is 16.7 Å². The van der Waals surface area contributed by atoms with E-state index in [1.54, 1.807) is 0 Å². The van der Waals surface area contributed by atoms with Crippen molar-refractivity contribution in [3.05, 3.63) is 27.8 Å². The van der Waals surface area contributed by atoms with Gasteiger partial charge in [0.2, 0.25) is 0 Å². The third-order valence-electron chi connectivity index (χ3n) is 2.97. The van der Waals surface area contributed by atoms with Gasteiger partial charge in [0.05, 0.1) is 5.69 Å². The van der Waals surface area contributed by atoms with Crippen molar-refractivity contribution in [1.82, 2.24) is 5.32 Å². The number of rotatable bonds is 3. The summed E-state index contributed by atoms with van der Waals surface area (Å²) in [6, 6.07) is 8.64. The molecule has 82 valence electrons. The number of halogens is 1. The summed E-state index contributed by atoms with van der Waals surface area (Å²) in [6.45, 7) is 3.53. The van der Waals surface area contributed by atoms with Gasteiger partial charge in [-0.3, -0.25) is 0 Å². The molecule has 0 aromatic heterocycles. The molecular weight excluding hydrogens is 299 g/mol. The summed E-state index contributed by atoms with van der Waals surface area (Å²) < 4.78 is 1.36. The van der Waals surface area contributed by atoms with E-state index in [0.29, 0.717) is 0 Å². The van der Waals surface area contributed by atoms with Crippen molar-refractivity contribution in [2.24, 2.45) is 5.92 Å². The summed E-state index contributed by atoms with van der Waals surface area (Å²) in [5, 5.41) is 3.27. The van der Waals surface area contributed by atoms with Crippen molar-refractivity contribution in [3.8, 4) is 0 Å². The van der Waals surface area contributed by atoms with E-state index in [2.05, 4.69) is 57.1 Å². The summed E-state index contributed by atoms with van der Waals surface area (Å²) in [4.78, 5) is 2.50. The number of hydrogen-bond acceptors (Lipinski definition) is 2. The number of benzene rings is 1. The summed E-state index contributed by atoms with van der Waals surface area (Å²) >= 11 is 2.42. The van der Waals surface area contributed by atoms with Crippen LogP contribution in [0.25, 0.3) is 0 Å². The molecule has 0 spiro atoms. The predicted octanol–water partition coefficient (Wildman–Crippen LogP) is 2.34. The van der Waals surface area contributed by atoms with E-state index in [-0.39, 0.29) is 0 Å². The maximum absolute atomic E-state index is 3.27. The van der Waals surface area contributed by atoms with Gasteiger partial charge in [-0.1, -0.05) is 12.1 Å². The van der Waals surface area contributed by atoms with E-state index in [1.807, 2.05) is 7.05 Å². The van der Waals surface area contributed by atoms with Crippen LogP contribution < -0.4 is 10.2 Å². The molecule has 1 aromatic rings. The average molecular weight is 316 g/mol. The quantitative estimate of drug-likeness (QED) is 0.861. The molecular formula is C12H17IN2. The SMILES string of the molecule is CNCC1CCN(c2ccccc2I)C1. The number of nitrogens with one attached hydrogen (secondary N) is 1. The lowest BCUT2D eigenvalue weighted by molar-refractivity contribution is 0.549. The van der Waals surface area contributed by atoms with Gasteiger partial charge < -0.3 is 10.2 Å². The minimum atomic E-state index is 0.811. The third kappa shape index (κ3) is 2.64. The molecule has 0 aliphatic carbocycles. The minimum Gasteiger partial charge on any atom is -0.370 e. The summed E-state index contributed by atoms with van der Waals surface area (Å²) in [5.41, 5.74) is 1.40. The van der Waals surface area contributed by atoms with Crippen molar-refractivity contribution in [1.29, 1.82) is 0 Å². The van der Waals surface area contributed by atoms with Crippen LogP contribution in [0.1, 0.15) is 6.42 Å². The Balaban J connectivity index is 2.04. The maximum Gasteiger partial charge on any atom is 0.0501 e. The average Bonchev–Trinajstić information content (AvgIpc) is 2.68. The molecule has 1 aliphatic heterocycles. The van der Waals surface area contributed by atoms with E-state index in [0.717, 1.165) is 12.5 Å². The number of para-hydroxylation sites is 1. The van der Waals surface area contributed by atoms with Gasteiger partial charge >= 0.3 is 0 Å². The van der Waals surface area contributed by atoms with Crippen LogP contribution in [0.15, 0.2) is 24.3 Å². The highest BCUT2D eigenvalue weighted by Gasteiger charge is 2.22. The normalized spacial score (nSPS) is 20.9. The number of hydrogen-bond donors (Lipinski definition) is 1. The van der Waals surface area contributed by atoms with Crippen molar-refractivity contribution in [2.75, 3.05) is 31.6 Å². The monoisotopic (exact) mass is 316 g/mol. The van der Waals surface area contributed by atoms with Crippen LogP contribution in [-0.4, -0.2) is 26.7 Å². The molecule has 1 fully saturated rings. The third-order valence-corrected chi connectivity index (χ3v) is 3.88. The molecule has 2 nitrogen and oxygen atoms in total. The first-order chi connectivity index (χ1) is 7.31. The highest BCUT2D eigenvalue weighted by atomic mass is 127. The van der Waals surface area contributed by atoms with Crippen LogP contribution in [0.3, 0.4) is 0 Å². The Bertz CT molecular complexity index is 327. The van der Waals surface area contributed by atoms with Gasteiger partial charge in [-0.05, 0) is 60.7 Å². The van der Waals surface area contributed by atoms with Crippen LogP contribution in [0.4, 0.5) is 5.69 Å². The summed E-state index contributed by atoms with van der Waals surface area (Å²) in [5.74, 6) is 0.811. The molecule has 1 N–H and O–H groups in total. The molecule has 1 heterocycles. The molecule has 1 aromatic carbocycles. The number of nitrogens with zero attached hydrogens (tertiary/aromatic N) is 1. The lowest BCUT2D eigenvalue weighted by atomic mass is 10.1. The largest absolute Gasteiger partial charge is 0.370 e. The second-order valence-electron chi connectivity index (χ2n) is 4.11. The fourth-order valence-corrected chi connectivity index (χ4v) is 2.94. The molecule has 1 unspecified atom stereocenters.